The Kier molecular flexibility index (Phi) is 6.43. The maximum Gasteiger partial charge on any atom is 0.258 e. The standard InChI is InChI=1S/C27H23ClN4OS/c1-18-23(26-30-25(31-33-26)21-13-8-14-22(28)17-21)24(20-11-6-3-7-12-20)29-27(34)32(18)16-15-19-9-4-2-5-10-19/h2-14,17,24H,15-16H2,1H3,(H,29,34). The summed E-state index contributed by atoms with van der Waals surface area (Å²) in [5.41, 5.74) is 5.04. The molecule has 1 aliphatic heterocycles. The Labute approximate surface area is 209 Å². The summed E-state index contributed by atoms with van der Waals surface area (Å²) >= 11 is 12.0. The van der Waals surface area contributed by atoms with Gasteiger partial charge in [0.1, 0.15) is 0 Å². The predicted octanol–water partition coefficient (Wildman–Crippen LogP) is 6.30. The number of thiocarbonyl (C=S) groups is 1. The maximum absolute atomic E-state index is 6.17. The van der Waals surface area contributed by atoms with E-state index < -0.39 is 0 Å². The SMILES string of the molecule is CC1=C(c2nc(-c3cccc(Cl)c3)no2)C(c2ccccc2)NC(=S)N1CCc1ccccc1. The highest BCUT2D eigenvalue weighted by Crippen LogP contribution is 2.37. The molecule has 34 heavy (non-hydrogen) atoms. The van der Waals surface area contributed by atoms with Crippen molar-refractivity contribution >= 4 is 34.5 Å². The first-order chi connectivity index (χ1) is 16.6. The van der Waals surface area contributed by atoms with Crippen molar-refractivity contribution in [3.8, 4) is 11.4 Å². The van der Waals surface area contributed by atoms with Gasteiger partial charge in [-0.1, -0.05) is 89.6 Å². The number of hydrogen-bond donors (Lipinski definition) is 1. The first-order valence-corrected chi connectivity index (χ1v) is 11.9. The molecule has 1 N–H and O–H groups in total. The van der Waals surface area contributed by atoms with Gasteiger partial charge in [-0.05, 0) is 48.8 Å². The Morgan fingerprint density at radius 1 is 1.00 bits per heavy atom. The molecule has 0 spiro atoms. The van der Waals surface area contributed by atoms with Gasteiger partial charge in [0, 0.05) is 22.8 Å². The van der Waals surface area contributed by atoms with Crippen molar-refractivity contribution in [2.75, 3.05) is 6.54 Å². The molecule has 0 saturated heterocycles. The molecule has 1 unspecified atom stereocenters. The fourth-order valence-corrected chi connectivity index (χ4v) is 4.72. The minimum absolute atomic E-state index is 0.200. The largest absolute Gasteiger partial charge is 0.351 e. The summed E-state index contributed by atoms with van der Waals surface area (Å²) in [5.74, 6) is 0.953. The fourth-order valence-electron chi connectivity index (χ4n) is 4.19. The van der Waals surface area contributed by atoms with E-state index in [1.165, 1.54) is 5.56 Å². The molecule has 1 aromatic heterocycles. The van der Waals surface area contributed by atoms with E-state index in [9.17, 15) is 0 Å². The lowest BCUT2D eigenvalue weighted by atomic mass is 9.94. The zero-order valence-corrected chi connectivity index (χ0v) is 20.2. The molecule has 5 rings (SSSR count). The van der Waals surface area contributed by atoms with Gasteiger partial charge in [0.05, 0.1) is 11.6 Å². The van der Waals surface area contributed by atoms with Crippen LogP contribution in [0.4, 0.5) is 0 Å². The number of nitrogens with zero attached hydrogens (tertiary/aromatic N) is 3. The van der Waals surface area contributed by atoms with Crippen LogP contribution < -0.4 is 5.32 Å². The third-order valence-electron chi connectivity index (χ3n) is 5.94. The van der Waals surface area contributed by atoms with Crippen molar-refractivity contribution in [3.63, 3.8) is 0 Å². The van der Waals surface area contributed by atoms with Gasteiger partial charge in [0.15, 0.2) is 5.11 Å². The molecule has 0 aliphatic carbocycles. The average Bonchev–Trinajstić information content (AvgIpc) is 3.34. The molecular weight excluding hydrogens is 464 g/mol. The van der Waals surface area contributed by atoms with Crippen molar-refractivity contribution in [1.82, 2.24) is 20.4 Å². The highest BCUT2D eigenvalue weighted by atomic mass is 35.5. The summed E-state index contributed by atoms with van der Waals surface area (Å²) in [6.07, 6.45) is 0.862. The molecule has 0 fully saturated rings. The van der Waals surface area contributed by atoms with Crippen LogP contribution in [0.15, 0.2) is 95.1 Å². The van der Waals surface area contributed by atoms with Gasteiger partial charge in [-0.3, -0.25) is 0 Å². The molecule has 0 amide bonds. The topological polar surface area (TPSA) is 54.2 Å². The van der Waals surface area contributed by atoms with Crippen LogP contribution in [0.5, 0.6) is 0 Å². The lowest BCUT2D eigenvalue weighted by Crippen LogP contribution is -2.46. The summed E-state index contributed by atoms with van der Waals surface area (Å²) in [4.78, 5) is 6.86. The van der Waals surface area contributed by atoms with Crippen molar-refractivity contribution < 1.29 is 4.52 Å². The molecule has 1 aliphatic rings. The second-order valence-electron chi connectivity index (χ2n) is 8.11. The van der Waals surface area contributed by atoms with E-state index in [2.05, 4.69) is 58.7 Å². The number of benzene rings is 3. The smallest absolute Gasteiger partial charge is 0.258 e. The van der Waals surface area contributed by atoms with Crippen LogP contribution in [0, 0.1) is 0 Å². The highest BCUT2D eigenvalue weighted by molar-refractivity contribution is 7.80. The van der Waals surface area contributed by atoms with E-state index in [-0.39, 0.29) is 6.04 Å². The van der Waals surface area contributed by atoms with Gasteiger partial charge in [-0.25, -0.2) is 0 Å². The number of rotatable bonds is 6. The van der Waals surface area contributed by atoms with Crippen LogP contribution in [-0.4, -0.2) is 26.7 Å². The minimum atomic E-state index is -0.200. The second kappa shape index (κ2) is 9.79. The molecular formula is C27H23ClN4OS. The molecule has 5 nitrogen and oxygen atoms in total. The van der Waals surface area contributed by atoms with Crippen molar-refractivity contribution in [3.05, 3.63) is 113 Å². The number of halogens is 1. The number of nitrogens with one attached hydrogen (secondary N) is 1. The predicted molar refractivity (Wildman–Crippen MR) is 139 cm³/mol. The zero-order chi connectivity index (χ0) is 23.5. The molecule has 4 aromatic rings. The number of hydrogen-bond acceptors (Lipinski definition) is 4. The summed E-state index contributed by atoms with van der Waals surface area (Å²) in [7, 11) is 0. The Morgan fingerprint density at radius 2 is 1.74 bits per heavy atom. The van der Waals surface area contributed by atoms with E-state index in [1.807, 2.05) is 48.5 Å². The van der Waals surface area contributed by atoms with E-state index in [4.69, 9.17) is 33.3 Å². The third kappa shape index (κ3) is 4.60. The highest BCUT2D eigenvalue weighted by Gasteiger charge is 2.33. The Bertz CT molecular complexity index is 1340. The molecule has 170 valence electrons. The number of allylic oxidation sites excluding steroid dienone is 1. The molecule has 1 atom stereocenters. The van der Waals surface area contributed by atoms with Gasteiger partial charge in [-0.15, -0.1) is 0 Å². The van der Waals surface area contributed by atoms with Crippen molar-refractivity contribution in [2.24, 2.45) is 0 Å². The second-order valence-corrected chi connectivity index (χ2v) is 8.94. The maximum atomic E-state index is 6.17. The fraction of sp³-hybridized carbons (Fsp3) is 0.148. The molecule has 3 aromatic carbocycles. The van der Waals surface area contributed by atoms with Crippen molar-refractivity contribution in [2.45, 2.75) is 19.4 Å². The van der Waals surface area contributed by atoms with Gasteiger partial charge >= 0.3 is 0 Å². The van der Waals surface area contributed by atoms with Gasteiger partial charge < -0.3 is 14.7 Å². The molecule has 0 bridgehead atoms. The summed E-state index contributed by atoms with van der Waals surface area (Å²) in [6, 6.07) is 27.8. The molecule has 7 heteroatoms. The van der Waals surface area contributed by atoms with Crippen LogP contribution in [-0.2, 0) is 6.42 Å². The summed E-state index contributed by atoms with van der Waals surface area (Å²) in [5, 5.41) is 9.06. The van der Waals surface area contributed by atoms with Gasteiger partial charge in [0.2, 0.25) is 5.82 Å². The zero-order valence-electron chi connectivity index (χ0n) is 18.6. The normalized spacial score (nSPS) is 16.0. The van der Waals surface area contributed by atoms with Crippen LogP contribution in [0.1, 0.15) is 30.0 Å². The van der Waals surface area contributed by atoms with Gasteiger partial charge in [-0.2, -0.15) is 4.98 Å². The van der Waals surface area contributed by atoms with Crippen LogP contribution in [0.2, 0.25) is 5.02 Å². The third-order valence-corrected chi connectivity index (χ3v) is 6.51. The van der Waals surface area contributed by atoms with Crippen LogP contribution in [0.25, 0.3) is 17.0 Å². The van der Waals surface area contributed by atoms with E-state index >= 15 is 0 Å². The molecule has 0 saturated carbocycles. The monoisotopic (exact) mass is 486 g/mol. The first-order valence-electron chi connectivity index (χ1n) is 11.1. The average molecular weight is 487 g/mol. The lowest BCUT2D eigenvalue weighted by molar-refractivity contribution is 0.397. The minimum Gasteiger partial charge on any atom is -0.351 e. The molecule has 2 heterocycles. The Balaban J connectivity index is 1.54. The Morgan fingerprint density at radius 3 is 2.47 bits per heavy atom. The summed E-state index contributed by atoms with van der Waals surface area (Å²) < 4.78 is 5.79. The first kappa shape index (κ1) is 22.3. The van der Waals surface area contributed by atoms with E-state index in [1.54, 1.807) is 0 Å². The lowest BCUT2D eigenvalue weighted by Gasteiger charge is -2.37. The van der Waals surface area contributed by atoms with E-state index in [0.29, 0.717) is 21.9 Å². The van der Waals surface area contributed by atoms with Crippen LogP contribution >= 0.6 is 23.8 Å². The Hall–Kier alpha value is -3.48. The quantitative estimate of drug-likeness (QED) is 0.323. The number of aromatic nitrogens is 2. The molecule has 0 radical (unpaired) electrons. The van der Waals surface area contributed by atoms with E-state index in [0.717, 1.165) is 35.4 Å². The van der Waals surface area contributed by atoms with Crippen LogP contribution in [0.3, 0.4) is 0 Å². The summed E-state index contributed by atoms with van der Waals surface area (Å²) in [6.45, 7) is 2.80. The van der Waals surface area contributed by atoms with Gasteiger partial charge in [0.25, 0.3) is 5.89 Å². The van der Waals surface area contributed by atoms with Crippen molar-refractivity contribution in [1.29, 1.82) is 0 Å².